The SMILES string of the molecule is Cc1oc(C(=O)Nc2cc(Br)ccc2Br)cc1S(=O)(=O)N1CCCC1. The largest absolute Gasteiger partial charge is 0.455 e. The first-order chi connectivity index (χ1) is 11.8. The maximum atomic E-state index is 12.7. The summed E-state index contributed by atoms with van der Waals surface area (Å²) in [7, 11) is -3.63. The smallest absolute Gasteiger partial charge is 0.291 e. The van der Waals surface area contributed by atoms with Gasteiger partial charge in [-0.25, -0.2) is 8.42 Å². The van der Waals surface area contributed by atoms with E-state index in [0.717, 1.165) is 17.3 Å². The number of rotatable bonds is 4. The highest BCUT2D eigenvalue weighted by atomic mass is 79.9. The molecule has 134 valence electrons. The van der Waals surface area contributed by atoms with Gasteiger partial charge in [0.15, 0.2) is 5.76 Å². The van der Waals surface area contributed by atoms with Crippen LogP contribution in [0.1, 0.15) is 29.2 Å². The summed E-state index contributed by atoms with van der Waals surface area (Å²) in [6.07, 6.45) is 1.70. The van der Waals surface area contributed by atoms with Crippen LogP contribution in [0.4, 0.5) is 5.69 Å². The summed E-state index contributed by atoms with van der Waals surface area (Å²) in [5.41, 5.74) is 0.553. The molecule has 6 nitrogen and oxygen atoms in total. The van der Waals surface area contributed by atoms with Gasteiger partial charge in [-0.2, -0.15) is 4.31 Å². The Hall–Kier alpha value is -1.16. The summed E-state index contributed by atoms with van der Waals surface area (Å²) in [6.45, 7) is 2.55. The molecule has 0 atom stereocenters. The average Bonchev–Trinajstić information content (AvgIpc) is 3.20. The van der Waals surface area contributed by atoms with Crippen LogP contribution in [-0.2, 0) is 10.0 Å². The molecule has 2 heterocycles. The third kappa shape index (κ3) is 3.84. The number of furan rings is 1. The van der Waals surface area contributed by atoms with Crippen LogP contribution in [0.15, 0.2) is 42.5 Å². The van der Waals surface area contributed by atoms with Crippen molar-refractivity contribution in [2.75, 3.05) is 18.4 Å². The van der Waals surface area contributed by atoms with E-state index in [4.69, 9.17) is 4.42 Å². The first kappa shape index (κ1) is 18.6. The van der Waals surface area contributed by atoms with Crippen LogP contribution in [-0.4, -0.2) is 31.7 Å². The van der Waals surface area contributed by atoms with E-state index in [9.17, 15) is 13.2 Å². The van der Waals surface area contributed by atoms with Gasteiger partial charge in [-0.1, -0.05) is 15.9 Å². The quantitative estimate of drug-likeness (QED) is 0.696. The number of nitrogens with one attached hydrogen (secondary N) is 1. The van der Waals surface area contributed by atoms with Crippen LogP contribution < -0.4 is 5.32 Å². The fourth-order valence-corrected chi connectivity index (χ4v) is 5.06. The molecule has 1 aliphatic rings. The number of carbonyl (C=O) groups is 1. The minimum Gasteiger partial charge on any atom is -0.455 e. The topological polar surface area (TPSA) is 79.6 Å². The van der Waals surface area contributed by atoms with Crippen molar-refractivity contribution in [3.8, 4) is 0 Å². The molecule has 1 saturated heterocycles. The lowest BCUT2D eigenvalue weighted by Gasteiger charge is -2.14. The lowest BCUT2D eigenvalue weighted by molar-refractivity contribution is 0.0995. The Morgan fingerprint density at radius 3 is 2.56 bits per heavy atom. The maximum Gasteiger partial charge on any atom is 0.291 e. The van der Waals surface area contributed by atoms with E-state index in [2.05, 4.69) is 37.2 Å². The van der Waals surface area contributed by atoms with Gasteiger partial charge >= 0.3 is 0 Å². The molecule has 2 aromatic rings. The van der Waals surface area contributed by atoms with Crippen molar-refractivity contribution in [3.05, 3.63) is 44.7 Å². The summed E-state index contributed by atoms with van der Waals surface area (Å²) >= 11 is 6.70. The molecule has 1 N–H and O–H groups in total. The van der Waals surface area contributed by atoms with Crippen molar-refractivity contribution < 1.29 is 17.6 Å². The number of benzene rings is 1. The monoisotopic (exact) mass is 490 g/mol. The zero-order valence-corrected chi connectivity index (χ0v) is 17.4. The minimum absolute atomic E-state index is 0.0397. The third-order valence-electron chi connectivity index (χ3n) is 3.96. The molecule has 1 amide bonds. The number of carbonyl (C=O) groups excluding carboxylic acids is 1. The van der Waals surface area contributed by atoms with Gasteiger partial charge in [0.05, 0.1) is 5.69 Å². The van der Waals surface area contributed by atoms with Crippen molar-refractivity contribution in [2.45, 2.75) is 24.7 Å². The number of sulfonamides is 1. The zero-order valence-electron chi connectivity index (χ0n) is 13.4. The molecule has 25 heavy (non-hydrogen) atoms. The minimum atomic E-state index is -3.63. The van der Waals surface area contributed by atoms with Crippen molar-refractivity contribution in [1.82, 2.24) is 4.31 Å². The summed E-state index contributed by atoms with van der Waals surface area (Å²) in [6, 6.07) is 6.65. The van der Waals surface area contributed by atoms with Crippen LogP contribution in [0.2, 0.25) is 0 Å². The Labute approximate surface area is 162 Å². The highest BCUT2D eigenvalue weighted by Crippen LogP contribution is 2.29. The van der Waals surface area contributed by atoms with Crippen LogP contribution in [0.5, 0.6) is 0 Å². The van der Waals surface area contributed by atoms with Crippen molar-refractivity contribution >= 4 is 53.5 Å². The highest BCUT2D eigenvalue weighted by molar-refractivity contribution is 9.11. The molecule has 0 aliphatic carbocycles. The van der Waals surface area contributed by atoms with Gasteiger partial charge in [0.25, 0.3) is 5.91 Å². The maximum absolute atomic E-state index is 12.7. The summed E-state index contributed by atoms with van der Waals surface area (Å²) in [4.78, 5) is 12.5. The predicted octanol–water partition coefficient (Wildman–Crippen LogP) is 4.15. The van der Waals surface area contributed by atoms with Gasteiger partial charge in [-0.15, -0.1) is 0 Å². The number of amides is 1. The van der Waals surface area contributed by atoms with Crippen molar-refractivity contribution in [1.29, 1.82) is 0 Å². The fraction of sp³-hybridized carbons (Fsp3) is 0.312. The Morgan fingerprint density at radius 2 is 1.88 bits per heavy atom. The molecule has 0 spiro atoms. The second-order valence-electron chi connectivity index (χ2n) is 5.72. The molecular formula is C16H16Br2N2O4S. The third-order valence-corrected chi connectivity index (χ3v) is 7.15. The zero-order chi connectivity index (χ0) is 18.2. The predicted molar refractivity (Wildman–Crippen MR) is 101 cm³/mol. The van der Waals surface area contributed by atoms with E-state index in [-0.39, 0.29) is 16.4 Å². The lowest BCUT2D eigenvalue weighted by Crippen LogP contribution is -2.28. The van der Waals surface area contributed by atoms with Gasteiger partial charge in [-0.3, -0.25) is 4.79 Å². The Balaban J connectivity index is 1.86. The van der Waals surface area contributed by atoms with Crippen LogP contribution >= 0.6 is 31.9 Å². The first-order valence-electron chi connectivity index (χ1n) is 7.66. The number of hydrogen-bond acceptors (Lipinski definition) is 4. The van der Waals surface area contributed by atoms with Crippen molar-refractivity contribution in [3.63, 3.8) is 0 Å². The number of anilines is 1. The molecule has 0 unspecified atom stereocenters. The molecule has 1 aromatic heterocycles. The van der Waals surface area contributed by atoms with E-state index in [1.54, 1.807) is 19.1 Å². The molecular weight excluding hydrogens is 476 g/mol. The molecule has 9 heteroatoms. The van der Waals surface area contributed by atoms with Crippen LogP contribution in [0.25, 0.3) is 0 Å². The molecule has 0 bridgehead atoms. The Morgan fingerprint density at radius 1 is 1.20 bits per heavy atom. The van der Waals surface area contributed by atoms with E-state index < -0.39 is 15.9 Å². The molecule has 1 fully saturated rings. The van der Waals surface area contributed by atoms with E-state index in [1.807, 2.05) is 6.07 Å². The van der Waals surface area contributed by atoms with Gasteiger partial charge < -0.3 is 9.73 Å². The molecule has 0 radical (unpaired) electrons. The summed E-state index contributed by atoms with van der Waals surface area (Å²) in [5.74, 6) is -0.336. The second-order valence-corrected chi connectivity index (χ2v) is 9.40. The molecule has 1 aliphatic heterocycles. The number of halogens is 2. The van der Waals surface area contributed by atoms with E-state index in [0.29, 0.717) is 23.2 Å². The molecule has 3 rings (SSSR count). The average molecular weight is 492 g/mol. The van der Waals surface area contributed by atoms with Crippen LogP contribution in [0, 0.1) is 6.92 Å². The summed E-state index contributed by atoms with van der Waals surface area (Å²) < 4.78 is 33.7. The summed E-state index contributed by atoms with van der Waals surface area (Å²) in [5, 5.41) is 2.71. The number of nitrogens with zero attached hydrogens (tertiary/aromatic N) is 1. The van der Waals surface area contributed by atoms with Gasteiger partial charge in [0.1, 0.15) is 10.7 Å². The van der Waals surface area contributed by atoms with Crippen LogP contribution in [0.3, 0.4) is 0 Å². The number of hydrogen-bond donors (Lipinski definition) is 1. The molecule has 1 aromatic carbocycles. The van der Waals surface area contributed by atoms with E-state index in [1.165, 1.54) is 10.4 Å². The van der Waals surface area contributed by atoms with Gasteiger partial charge in [0, 0.05) is 28.1 Å². The van der Waals surface area contributed by atoms with Crippen molar-refractivity contribution in [2.24, 2.45) is 0 Å². The normalized spacial score (nSPS) is 15.5. The highest BCUT2D eigenvalue weighted by Gasteiger charge is 2.31. The first-order valence-corrected chi connectivity index (χ1v) is 10.7. The number of aryl methyl sites for hydroxylation is 1. The molecule has 0 saturated carbocycles. The van der Waals surface area contributed by atoms with E-state index >= 15 is 0 Å². The van der Waals surface area contributed by atoms with Gasteiger partial charge in [-0.05, 0) is 53.9 Å². The lowest BCUT2D eigenvalue weighted by atomic mass is 10.3. The second kappa shape index (κ2) is 7.22. The standard InChI is InChI=1S/C16H16Br2N2O4S/c1-10-15(25(22,23)20-6-2-3-7-20)9-14(24-10)16(21)19-13-8-11(17)4-5-12(13)18/h4-5,8-9H,2-3,6-7H2,1H3,(H,19,21). The Bertz CT molecular complexity index is 918. The Kier molecular flexibility index (Phi) is 5.38. The fourth-order valence-electron chi connectivity index (χ4n) is 2.68. The van der Waals surface area contributed by atoms with Gasteiger partial charge in [0.2, 0.25) is 10.0 Å².